The van der Waals surface area contributed by atoms with E-state index < -0.39 is 0 Å². The number of hydrogen-bond acceptors (Lipinski definition) is 3. The fourth-order valence-electron chi connectivity index (χ4n) is 2.59. The monoisotopic (exact) mass is 263 g/mol. The number of carbonyl (C=O) groups excluding carboxylic acids is 1. The first-order valence-electron chi connectivity index (χ1n) is 7.12. The summed E-state index contributed by atoms with van der Waals surface area (Å²) in [6, 6.07) is 0. The second kappa shape index (κ2) is 5.33. The Balaban J connectivity index is 1.55. The van der Waals surface area contributed by atoms with Crippen molar-refractivity contribution in [3.63, 3.8) is 0 Å². The van der Waals surface area contributed by atoms with Crippen LogP contribution in [0.3, 0.4) is 0 Å². The van der Waals surface area contributed by atoms with Crippen LogP contribution in [0.4, 0.5) is 0 Å². The number of nitrogens with zero attached hydrogens (tertiary/aromatic N) is 2. The molecule has 0 bridgehead atoms. The van der Waals surface area contributed by atoms with Crippen LogP contribution in [0, 0.1) is 5.92 Å². The average molecular weight is 263 g/mol. The lowest BCUT2D eigenvalue weighted by atomic mass is 10.1. The zero-order chi connectivity index (χ0) is 13.2. The van der Waals surface area contributed by atoms with E-state index in [4.69, 9.17) is 4.74 Å². The Hall–Kier alpha value is -1.36. The molecular formula is C14H21N3O2. The van der Waals surface area contributed by atoms with Crippen molar-refractivity contribution in [2.75, 3.05) is 13.2 Å². The number of rotatable bonds is 5. The minimum Gasteiger partial charge on any atom is -0.376 e. The van der Waals surface area contributed by atoms with Crippen molar-refractivity contribution < 1.29 is 9.53 Å². The summed E-state index contributed by atoms with van der Waals surface area (Å²) in [7, 11) is 1.97. The van der Waals surface area contributed by atoms with Gasteiger partial charge in [-0.3, -0.25) is 9.48 Å². The maximum Gasteiger partial charge on any atom is 0.220 e. The van der Waals surface area contributed by atoms with Crippen molar-refractivity contribution in [3.05, 3.63) is 17.0 Å². The molecule has 1 fully saturated rings. The number of aromatic nitrogens is 2. The van der Waals surface area contributed by atoms with E-state index in [2.05, 4.69) is 10.4 Å². The van der Waals surface area contributed by atoms with Crippen molar-refractivity contribution >= 4 is 5.91 Å². The molecule has 5 nitrogen and oxygen atoms in total. The highest BCUT2D eigenvalue weighted by molar-refractivity contribution is 5.76. The van der Waals surface area contributed by atoms with Crippen molar-refractivity contribution in [1.82, 2.24) is 15.1 Å². The number of aryl methyl sites for hydroxylation is 2. The molecule has 2 aliphatic rings. The lowest BCUT2D eigenvalue weighted by Gasteiger charge is -2.13. The van der Waals surface area contributed by atoms with Crippen LogP contribution in [0.1, 0.15) is 36.2 Å². The van der Waals surface area contributed by atoms with E-state index in [0.29, 0.717) is 19.4 Å². The van der Waals surface area contributed by atoms with Crippen LogP contribution < -0.4 is 5.32 Å². The summed E-state index contributed by atoms with van der Waals surface area (Å²) in [4.78, 5) is 11.7. The largest absolute Gasteiger partial charge is 0.376 e. The molecule has 1 aromatic rings. The molecule has 1 N–H and O–H groups in total. The molecular weight excluding hydrogens is 242 g/mol. The highest BCUT2D eigenvalue weighted by atomic mass is 16.5. The van der Waals surface area contributed by atoms with Crippen LogP contribution in [0.2, 0.25) is 0 Å². The molecule has 3 rings (SSSR count). The molecule has 2 heterocycles. The van der Waals surface area contributed by atoms with Gasteiger partial charge in [0.05, 0.1) is 18.9 Å². The quantitative estimate of drug-likeness (QED) is 0.860. The van der Waals surface area contributed by atoms with Crippen LogP contribution >= 0.6 is 0 Å². The van der Waals surface area contributed by atoms with Gasteiger partial charge in [0.25, 0.3) is 0 Å². The van der Waals surface area contributed by atoms with E-state index in [1.807, 2.05) is 11.7 Å². The summed E-state index contributed by atoms with van der Waals surface area (Å²) in [6.45, 7) is 2.26. The number of carbonyl (C=O) groups is 1. The fraction of sp³-hybridized carbons (Fsp3) is 0.714. The molecule has 1 aliphatic heterocycles. The number of ether oxygens (including phenoxy) is 1. The predicted octanol–water partition coefficient (Wildman–Crippen LogP) is 0.952. The third-order valence-corrected chi connectivity index (χ3v) is 3.96. The maximum atomic E-state index is 11.7. The Bertz CT molecular complexity index is 477. The summed E-state index contributed by atoms with van der Waals surface area (Å²) >= 11 is 0. The van der Waals surface area contributed by atoms with Gasteiger partial charge in [-0.05, 0) is 18.8 Å². The first kappa shape index (κ1) is 12.7. The van der Waals surface area contributed by atoms with E-state index in [-0.39, 0.29) is 5.91 Å². The van der Waals surface area contributed by atoms with Gasteiger partial charge in [0, 0.05) is 44.1 Å². The number of hydrogen-bond donors (Lipinski definition) is 1. The molecule has 104 valence electrons. The first-order chi connectivity index (χ1) is 9.24. The van der Waals surface area contributed by atoms with Gasteiger partial charge in [0.15, 0.2) is 0 Å². The molecule has 0 unspecified atom stereocenters. The van der Waals surface area contributed by atoms with Crippen LogP contribution in [0.25, 0.3) is 0 Å². The van der Waals surface area contributed by atoms with Crippen molar-refractivity contribution in [2.24, 2.45) is 13.0 Å². The van der Waals surface area contributed by atoms with Gasteiger partial charge in [0.1, 0.15) is 0 Å². The Morgan fingerprint density at radius 3 is 3.16 bits per heavy atom. The Kier molecular flexibility index (Phi) is 3.55. The van der Waals surface area contributed by atoms with E-state index >= 15 is 0 Å². The number of nitrogens with one attached hydrogen (secondary N) is 1. The standard InChI is InChI=1S/C14H21N3O2/c1-17-13-6-7-19-9-11(13)12(16-17)4-5-14(18)15-8-10-2-3-10/h10H,2-9H2,1H3,(H,15,18). The van der Waals surface area contributed by atoms with E-state index in [1.165, 1.54) is 24.1 Å². The molecule has 5 heteroatoms. The summed E-state index contributed by atoms with van der Waals surface area (Å²) in [5, 5.41) is 7.53. The molecule has 0 saturated heterocycles. The molecule has 1 aliphatic carbocycles. The van der Waals surface area contributed by atoms with Gasteiger partial charge in [-0.2, -0.15) is 5.10 Å². The summed E-state index contributed by atoms with van der Waals surface area (Å²) in [5.41, 5.74) is 3.49. The topological polar surface area (TPSA) is 56.2 Å². The molecule has 0 aromatic carbocycles. The Morgan fingerprint density at radius 2 is 2.37 bits per heavy atom. The number of fused-ring (bicyclic) bond motifs is 1. The van der Waals surface area contributed by atoms with Crippen LogP contribution in [-0.4, -0.2) is 28.8 Å². The molecule has 1 amide bonds. The third-order valence-electron chi connectivity index (χ3n) is 3.96. The second-order valence-electron chi connectivity index (χ2n) is 5.55. The Morgan fingerprint density at radius 1 is 1.53 bits per heavy atom. The third kappa shape index (κ3) is 2.97. The first-order valence-corrected chi connectivity index (χ1v) is 7.12. The summed E-state index contributed by atoms with van der Waals surface area (Å²) < 4.78 is 7.43. The molecule has 19 heavy (non-hydrogen) atoms. The fourth-order valence-corrected chi connectivity index (χ4v) is 2.59. The highest BCUT2D eigenvalue weighted by Gasteiger charge is 2.22. The highest BCUT2D eigenvalue weighted by Crippen LogP contribution is 2.27. The summed E-state index contributed by atoms with van der Waals surface area (Å²) in [5.74, 6) is 0.878. The second-order valence-corrected chi connectivity index (χ2v) is 5.55. The molecule has 1 aromatic heterocycles. The minimum absolute atomic E-state index is 0.142. The summed E-state index contributed by atoms with van der Waals surface area (Å²) in [6.07, 6.45) is 4.70. The van der Waals surface area contributed by atoms with Gasteiger partial charge in [-0.1, -0.05) is 0 Å². The van der Waals surface area contributed by atoms with Gasteiger partial charge in [-0.15, -0.1) is 0 Å². The van der Waals surface area contributed by atoms with E-state index in [1.54, 1.807) is 0 Å². The van der Waals surface area contributed by atoms with Crippen LogP contribution in [-0.2, 0) is 36.0 Å². The van der Waals surface area contributed by atoms with Gasteiger partial charge >= 0.3 is 0 Å². The van der Waals surface area contributed by atoms with E-state index in [9.17, 15) is 4.79 Å². The zero-order valence-corrected chi connectivity index (χ0v) is 11.4. The van der Waals surface area contributed by atoms with Gasteiger partial charge in [-0.25, -0.2) is 0 Å². The predicted molar refractivity (Wildman–Crippen MR) is 70.6 cm³/mol. The average Bonchev–Trinajstić information content (AvgIpc) is 3.20. The van der Waals surface area contributed by atoms with Crippen molar-refractivity contribution in [3.8, 4) is 0 Å². The lowest BCUT2D eigenvalue weighted by molar-refractivity contribution is -0.121. The molecule has 1 saturated carbocycles. The SMILES string of the molecule is Cn1nc(CCC(=O)NCC2CC2)c2c1CCOC2. The normalized spacial score (nSPS) is 18.2. The smallest absolute Gasteiger partial charge is 0.220 e. The van der Waals surface area contributed by atoms with Gasteiger partial charge in [0.2, 0.25) is 5.91 Å². The molecule has 0 atom stereocenters. The maximum absolute atomic E-state index is 11.7. The van der Waals surface area contributed by atoms with E-state index in [0.717, 1.165) is 31.2 Å². The van der Waals surface area contributed by atoms with Crippen molar-refractivity contribution in [2.45, 2.75) is 38.7 Å². The Labute approximate surface area is 113 Å². The van der Waals surface area contributed by atoms with Gasteiger partial charge < -0.3 is 10.1 Å². The van der Waals surface area contributed by atoms with Crippen LogP contribution in [0.5, 0.6) is 0 Å². The molecule has 0 radical (unpaired) electrons. The zero-order valence-electron chi connectivity index (χ0n) is 11.4. The minimum atomic E-state index is 0.142. The molecule has 0 spiro atoms. The number of amides is 1. The van der Waals surface area contributed by atoms with Crippen LogP contribution in [0.15, 0.2) is 0 Å². The lowest BCUT2D eigenvalue weighted by Crippen LogP contribution is -2.25. The van der Waals surface area contributed by atoms with Crippen molar-refractivity contribution in [1.29, 1.82) is 0 Å².